The van der Waals surface area contributed by atoms with Crippen LogP contribution in [0, 0.1) is 6.07 Å². The third kappa shape index (κ3) is 2.34. The predicted molar refractivity (Wildman–Crippen MR) is 36.9 cm³/mol. The Morgan fingerprint density at radius 2 is 2.23 bits per heavy atom. The molecule has 0 aliphatic rings. The normalized spacial score (nSPS) is 10.7. The van der Waals surface area contributed by atoms with Gasteiger partial charge in [0.25, 0.3) is 0 Å². The van der Waals surface area contributed by atoms with Crippen LogP contribution in [0.3, 0.4) is 0 Å². The van der Waals surface area contributed by atoms with Gasteiger partial charge in [-0.1, -0.05) is 0 Å². The largest absolute Gasteiger partial charge is 0.417 e. The number of hydrogen-bond donors (Lipinski definition) is 0. The molecule has 0 aliphatic heterocycles. The highest BCUT2D eigenvalue weighted by atomic mass is 19.4. The summed E-state index contributed by atoms with van der Waals surface area (Å²) >= 11 is 0. The smallest absolute Gasteiger partial charge is 0.253 e. The summed E-state index contributed by atoms with van der Waals surface area (Å²) in [6, 6.07) is 2.77. The highest BCUT2D eigenvalue weighted by Crippen LogP contribution is 2.28. The lowest BCUT2D eigenvalue weighted by molar-refractivity contribution is -0.137. The second-order valence-corrected chi connectivity index (χ2v) is 2.01. The van der Waals surface area contributed by atoms with E-state index in [0.29, 0.717) is 12.3 Å². The van der Waals surface area contributed by atoms with Crippen molar-refractivity contribution in [1.82, 2.24) is 4.98 Å². The molecule has 0 saturated heterocycles. The minimum atomic E-state index is -4.45. The number of aromatic nitrogens is 1. The monoisotopic (exact) mass is 187 g/mol. The standard InChI is InChI=1S/C6H2F3N4/c7-6(8,9)4-1-2-5(11-3-4)12-13-10/h1,3H. The molecular formula is C6H2F3N4. The maximum Gasteiger partial charge on any atom is 0.417 e. The summed E-state index contributed by atoms with van der Waals surface area (Å²) in [6.45, 7) is 0. The highest BCUT2D eigenvalue weighted by molar-refractivity contribution is 5.28. The lowest BCUT2D eigenvalue weighted by Crippen LogP contribution is -2.04. The quantitative estimate of drug-likeness (QED) is 0.378. The fourth-order valence-electron chi connectivity index (χ4n) is 0.600. The summed E-state index contributed by atoms with van der Waals surface area (Å²) in [7, 11) is 0. The van der Waals surface area contributed by atoms with Gasteiger partial charge < -0.3 is 0 Å². The van der Waals surface area contributed by atoms with Crippen LogP contribution < -0.4 is 0 Å². The van der Waals surface area contributed by atoms with Crippen molar-refractivity contribution in [2.45, 2.75) is 6.18 Å². The molecule has 7 heteroatoms. The van der Waals surface area contributed by atoms with Crippen molar-refractivity contribution < 1.29 is 13.2 Å². The number of hydrogen-bond acceptors (Lipinski definition) is 2. The predicted octanol–water partition coefficient (Wildman–Crippen LogP) is 2.84. The number of pyridine rings is 1. The molecule has 0 amide bonds. The molecule has 0 unspecified atom stereocenters. The molecule has 0 aromatic carbocycles. The van der Waals surface area contributed by atoms with E-state index in [1.54, 1.807) is 0 Å². The van der Waals surface area contributed by atoms with E-state index >= 15 is 0 Å². The number of azide groups is 1. The number of rotatable bonds is 1. The number of halogens is 3. The van der Waals surface area contributed by atoms with Gasteiger partial charge in [-0.3, -0.25) is 4.98 Å². The molecule has 0 spiro atoms. The number of alkyl halides is 3. The zero-order chi connectivity index (χ0) is 9.90. The van der Waals surface area contributed by atoms with E-state index in [1.807, 2.05) is 0 Å². The van der Waals surface area contributed by atoms with Crippen LogP contribution in [0.4, 0.5) is 19.0 Å². The van der Waals surface area contributed by atoms with Crippen LogP contribution >= 0.6 is 0 Å². The molecule has 0 bridgehead atoms. The molecule has 1 heterocycles. The van der Waals surface area contributed by atoms with Crippen molar-refractivity contribution in [2.75, 3.05) is 0 Å². The van der Waals surface area contributed by atoms with Crippen LogP contribution in [0.2, 0.25) is 0 Å². The molecule has 13 heavy (non-hydrogen) atoms. The summed E-state index contributed by atoms with van der Waals surface area (Å²) in [6.07, 6.45) is -3.86. The first-order valence-corrected chi connectivity index (χ1v) is 3.04. The van der Waals surface area contributed by atoms with Gasteiger partial charge in [0.2, 0.25) is 0 Å². The summed E-state index contributed by atoms with van der Waals surface area (Å²) in [5.41, 5.74) is 7.00. The van der Waals surface area contributed by atoms with Crippen LogP contribution in [0.25, 0.3) is 10.4 Å². The Labute approximate surface area is 70.6 Å². The van der Waals surface area contributed by atoms with E-state index in [0.717, 1.165) is 0 Å². The van der Waals surface area contributed by atoms with Crippen LogP contribution in [-0.4, -0.2) is 4.98 Å². The Bertz CT molecular complexity index is 336. The van der Waals surface area contributed by atoms with Crippen molar-refractivity contribution in [3.8, 4) is 0 Å². The fourth-order valence-corrected chi connectivity index (χ4v) is 0.600. The van der Waals surface area contributed by atoms with E-state index in [4.69, 9.17) is 5.53 Å². The van der Waals surface area contributed by atoms with Gasteiger partial charge >= 0.3 is 6.18 Å². The Hall–Kier alpha value is -1.75. The van der Waals surface area contributed by atoms with E-state index in [9.17, 15) is 13.2 Å². The van der Waals surface area contributed by atoms with Gasteiger partial charge in [-0.15, -0.1) is 0 Å². The van der Waals surface area contributed by atoms with E-state index < -0.39 is 11.7 Å². The Morgan fingerprint density at radius 1 is 1.54 bits per heavy atom. The molecule has 0 N–H and O–H groups in total. The third-order valence-electron chi connectivity index (χ3n) is 1.15. The maximum atomic E-state index is 11.9. The van der Waals surface area contributed by atoms with Crippen LogP contribution in [0.1, 0.15) is 5.56 Å². The van der Waals surface area contributed by atoms with Crippen molar-refractivity contribution >= 4 is 5.82 Å². The zero-order valence-electron chi connectivity index (χ0n) is 6.08. The van der Waals surface area contributed by atoms with Gasteiger partial charge in [-0.2, -0.15) is 13.2 Å². The van der Waals surface area contributed by atoms with Crippen molar-refractivity contribution in [3.63, 3.8) is 0 Å². The van der Waals surface area contributed by atoms with Crippen molar-refractivity contribution in [3.05, 3.63) is 34.3 Å². The summed E-state index contributed by atoms with van der Waals surface area (Å²) < 4.78 is 35.8. The van der Waals surface area contributed by atoms with Gasteiger partial charge in [0.05, 0.1) is 5.56 Å². The summed E-state index contributed by atoms with van der Waals surface area (Å²) in [5, 5.41) is 2.98. The van der Waals surface area contributed by atoms with Crippen LogP contribution in [-0.2, 0) is 6.18 Å². The Morgan fingerprint density at radius 3 is 2.62 bits per heavy atom. The molecule has 4 nitrogen and oxygen atoms in total. The van der Waals surface area contributed by atoms with Gasteiger partial charge in [0, 0.05) is 17.2 Å². The number of nitrogens with zero attached hydrogens (tertiary/aromatic N) is 4. The fraction of sp³-hybridized carbons (Fsp3) is 0.167. The van der Waals surface area contributed by atoms with Crippen LogP contribution in [0.15, 0.2) is 17.4 Å². The van der Waals surface area contributed by atoms with Crippen molar-refractivity contribution in [1.29, 1.82) is 0 Å². The first-order valence-electron chi connectivity index (χ1n) is 3.04. The second-order valence-electron chi connectivity index (χ2n) is 2.01. The third-order valence-corrected chi connectivity index (χ3v) is 1.15. The lowest BCUT2D eigenvalue weighted by atomic mass is 10.3. The second kappa shape index (κ2) is 3.32. The molecule has 0 aliphatic carbocycles. The molecular weight excluding hydrogens is 185 g/mol. The molecule has 1 aromatic heterocycles. The molecule has 1 radical (unpaired) electrons. The topological polar surface area (TPSA) is 61.7 Å². The van der Waals surface area contributed by atoms with Crippen LogP contribution in [0.5, 0.6) is 0 Å². The molecule has 1 aromatic rings. The van der Waals surface area contributed by atoms with Gasteiger partial charge in [-0.05, 0) is 16.7 Å². The van der Waals surface area contributed by atoms with Crippen molar-refractivity contribution in [2.24, 2.45) is 5.11 Å². The Balaban J connectivity index is 3.00. The molecule has 0 saturated carbocycles. The van der Waals surface area contributed by atoms with E-state index in [1.165, 1.54) is 0 Å². The average molecular weight is 187 g/mol. The molecule has 0 fully saturated rings. The Kier molecular flexibility index (Phi) is 2.39. The highest BCUT2D eigenvalue weighted by Gasteiger charge is 2.30. The summed E-state index contributed by atoms with van der Waals surface area (Å²) in [4.78, 5) is 5.59. The van der Waals surface area contributed by atoms with E-state index in [-0.39, 0.29) is 5.82 Å². The minimum Gasteiger partial charge on any atom is -0.253 e. The first kappa shape index (κ1) is 9.34. The first-order chi connectivity index (χ1) is 6.04. The summed E-state index contributed by atoms with van der Waals surface area (Å²) in [5.74, 6) is -0.212. The average Bonchev–Trinajstić information content (AvgIpc) is 2.04. The van der Waals surface area contributed by atoms with Gasteiger partial charge in [0.1, 0.15) is 5.82 Å². The molecule has 67 valence electrons. The molecule has 0 atom stereocenters. The zero-order valence-corrected chi connectivity index (χ0v) is 6.08. The maximum absolute atomic E-state index is 11.9. The lowest BCUT2D eigenvalue weighted by Gasteiger charge is -2.04. The van der Waals surface area contributed by atoms with Gasteiger partial charge in [0.15, 0.2) is 0 Å². The SMILES string of the molecule is [N-]=[N+]=Nc1[c]cc(C(F)(F)F)cn1. The van der Waals surface area contributed by atoms with Gasteiger partial charge in [-0.25, -0.2) is 0 Å². The van der Waals surface area contributed by atoms with E-state index in [2.05, 4.69) is 21.1 Å². The molecule has 1 rings (SSSR count). The minimum absolute atomic E-state index is 0.212.